The number of rotatable bonds is 8. The van der Waals surface area contributed by atoms with Crippen LogP contribution < -0.4 is 5.32 Å². The van der Waals surface area contributed by atoms with Crippen molar-refractivity contribution < 1.29 is 29.0 Å². The van der Waals surface area contributed by atoms with Crippen LogP contribution in [0.2, 0.25) is 0 Å². The lowest BCUT2D eigenvalue weighted by molar-refractivity contribution is -0.139. The van der Waals surface area contributed by atoms with Crippen molar-refractivity contribution >= 4 is 18.0 Å². The Balaban J connectivity index is 1.41. The molecule has 35 heavy (non-hydrogen) atoms. The van der Waals surface area contributed by atoms with Crippen LogP contribution in [0.4, 0.5) is 4.79 Å². The number of carbonyl (C=O) groups excluding carboxylic acids is 2. The van der Waals surface area contributed by atoms with E-state index in [1.807, 2.05) is 43.3 Å². The molecule has 1 aliphatic carbocycles. The lowest BCUT2D eigenvalue weighted by Gasteiger charge is -2.35. The molecule has 1 saturated heterocycles. The van der Waals surface area contributed by atoms with Gasteiger partial charge in [-0.15, -0.1) is 0 Å². The maximum absolute atomic E-state index is 13.2. The molecule has 3 atom stereocenters. The molecule has 2 amide bonds. The first-order chi connectivity index (χ1) is 16.8. The standard InChI is InChI=1S/C27H32N2O6/c1-17-11-12-18(15-34-17)29(2)26(32)24(13-14-25(30)31)28-27(33)35-16-23-21-9-5-3-7-19(21)20-8-4-6-10-22(20)23/h3-10,17-18,23-24H,11-16H2,1-2H3,(H,28,33)(H,30,31). The first-order valence-electron chi connectivity index (χ1n) is 12.1. The van der Waals surface area contributed by atoms with Crippen LogP contribution in [-0.2, 0) is 19.1 Å². The fraction of sp³-hybridized carbons (Fsp3) is 0.444. The summed E-state index contributed by atoms with van der Waals surface area (Å²) in [5, 5.41) is 11.8. The summed E-state index contributed by atoms with van der Waals surface area (Å²) in [5.74, 6) is -1.48. The van der Waals surface area contributed by atoms with Gasteiger partial charge in [0.25, 0.3) is 0 Å². The van der Waals surface area contributed by atoms with E-state index in [0.717, 1.165) is 35.1 Å². The molecule has 0 radical (unpaired) electrons. The van der Waals surface area contributed by atoms with Gasteiger partial charge in [-0.05, 0) is 48.4 Å². The fourth-order valence-electron chi connectivity index (χ4n) is 4.91. The van der Waals surface area contributed by atoms with E-state index in [4.69, 9.17) is 14.6 Å². The number of carboxylic acid groups (broad SMARTS) is 1. The molecule has 186 valence electrons. The topological polar surface area (TPSA) is 105 Å². The normalized spacial score (nSPS) is 19.8. The Bertz CT molecular complexity index is 1030. The molecular weight excluding hydrogens is 448 g/mol. The molecule has 4 rings (SSSR count). The fourth-order valence-corrected chi connectivity index (χ4v) is 4.91. The number of carboxylic acids is 1. The van der Waals surface area contributed by atoms with Crippen LogP contribution in [0.3, 0.4) is 0 Å². The second-order valence-corrected chi connectivity index (χ2v) is 9.28. The van der Waals surface area contributed by atoms with E-state index in [2.05, 4.69) is 17.4 Å². The summed E-state index contributed by atoms with van der Waals surface area (Å²) in [6.45, 7) is 2.52. The van der Waals surface area contributed by atoms with Gasteiger partial charge in [-0.3, -0.25) is 9.59 Å². The van der Waals surface area contributed by atoms with Crippen molar-refractivity contribution in [2.45, 2.75) is 56.7 Å². The molecule has 0 spiro atoms. The number of ether oxygens (including phenoxy) is 2. The molecule has 2 aliphatic rings. The van der Waals surface area contributed by atoms with Crippen molar-refractivity contribution in [2.75, 3.05) is 20.3 Å². The van der Waals surface area contributed by atoms with Gasteiger partial charge in [0.05, 0.1) is 18.8 Å². The zero-order valence-corrected chi connectivity index (χ0v) is 20.1. The quantitative estimate of drug-likeness (QED) is 0.596. The summed E-state index contributed by atoms with van der Waals surface area (Å²) < 4.78 is 11.2. The summed E-state index contributed by atoms with van der Waals surface area (Å²) in [4.78, 5) is 38.6. The van der Waals surface area contributed by atoms with Crippen molar-refractivity contribution in [3.8, 4) is 11.1 Å². The SMILES string of the molecule is CC1CCC(N(C)C(=O)C(CCC(=O)O)NC(=O)OCC2c3ccccc3-c3ccccc32)CO1. The zero-order valence-electron chi connectivity index (χ0n) is 20.1. The van der Waals surface area contributed by atoms with E-state index < -0.39 is 18.1 Å². The molecule has 8 nitrogen and oxygen atoms in total. The van der Waals surface area contributed by atoms with Gasteiger partial charge in [-0.1, -0.05) is 48.5 Å². The number of nitrogens with one attached hydrogen (secondary N) is 1. The van der Waals surface area contributed by atoms with Crippen LogP contribution in [0.5, 0.6) is 0 Å². The first kappa shape index (κ1) is 24.7. The van der Waals surface area contributed by atoms with Gasteiger partial charge in [0.1, 0.15) is 12.6 Å². The number of carbonyl (C=O) groups is 3. The van der Waals surface area contributed by atoms with Gasteiger partial charge >= 0.3 is 12.1 Å². The summed E-state index contributed by atoms with van der Waals surface area (Å²) in [7, 11) is 1.67. The number of amides is 2. The van der Waals surface area contributed by atoms with Gasteiger partial charge in [-0.25, -0.2) is 4.79 Å². The lowest BCUT2D eigenvalue weighted by Crippen LogP contribution is -2.52. The van der Waals surface area contributed by atoms with Gasteiger partial charge in [0.2, 0.25) is 5.91 Å². The van der Waals surface area contributed by atoms with E-state index in [1.165, 1.54) is 0 Å². The minimum Gasteiger partial charge on any atom is -0.481 e. The van der Waals surface area contributed by atoms with Crippen molar-refractivity contribution in [1.29, 1.82) is 0 Å². The molecule has 0 bridgehead atoms. The molecular formula is C27H32N2O6. The summed E-state index contributed by atoms with van der Waals surface area (Å²) in [6.07, 6.45) is 0.773. The number of alkyl carbamates (subject to hydrolysis) is 1. The summed E-state index contributed by atoms with van der Waals surface area (Å²) in [6, 6.07) is 15.0. The Morgan fingerprint density at radius 1 is 1.09 bits per heavy atom. The summed E-state index contributed by atoms with van der Waals surface area (Å²) in [5.41, 5.74) is 4.42. The van der Waals surface area contributed by atoms with E-state index in [-0.39, 0.29) is 43.4 Å². The van der Waals surface area contributed by atoms with E-state index in [0.29, 0.717) is 6.61 Å². The largest absolute Gasteiger partial charge is 0.481 e. The van der Waals surface area contributed by atoms with E-state index in [1.54, 1.807) is 11.9 Å². The second-order valence-electron chi connectivity index (χ2n) is 9.28. The number of hydrogen-bond donors (Lipinski definition) is 2. The number of aliphatic carboxylic acids is 1. The Morgan fingerprint density at radius 2 is 1.71 bits per heavy atom. The van der Waals surface area contributed by atoms with Crippen LogP contribution in [0.15, 0.2) is 48.5 Å². The average molecular weight is 481 g/mol. The predicted octanol–water partition coefficient (Wildman–Crippen LogP) is 3.78. The third-order valence-corrected chi connectivity index (χ3v) is 6.96. The number of likely N-dealkylation sites (N-methyl/N-ethyl adjacent to an activating group) is 1. The van der Waals surface area contributed by atoms with Gasteiger partial charge < -0.3 is 24.8 Å². The molecule has 2 aromatic rings. The Kier molecular flexibility index (Phi) is 7.70. The van der Waals surface area contributed by atoms with E-state index >= 15 is 0 Å². The maximum atomic E-state index is 13.2. The van der Waals surface area contributed by atoms with Crippen LogP contribution in [-0.4, -0.2) is 66.4 Å². The molecule has 0 saturated carbocycles. The van der Waals surface area contributed by atoms with Crippen molar-refractivity contribution in [2.24, 2.45) is 0 Å². The highest BCUT2D eigenvalue weighted by Gasteiger charge is 2.33. The predicted molar refractivity (Wildman–Crippen MR) is 130 cm³/mol. The third-order valence-electron chi connectivity index (χ3n) is 6.96. The van der Waals surface area contributed by atoms with Crippen molar-refractivity contribution in [3.05, 3.63) is 59.7 Å². The van der Waals surface area contributed by atoms with Crippen LogP contribution in [0.1, 0.15) is 49.7 Å². The third kappa shape index (κ3) is 5.65. The first-order valence-corrected chi connectivity index (χ1v) is 12.1. The van der Waals surface area contributed by atoms with Crippen LogP contribution >= 0.6 is 0 Å². The van der Waals surface area contributed by atoms with Gasteiger partial charge in [-0.2, -0.15) is 0 Å². The highest BCUT2D eigenvalue weighted by molar-refractivity contribution is 5.86. The molecule has 0 aromatic heterocycles. The minimum atomic E-state index is -1.03. The average Bonchev–Trinajstić information content (AvgIpc) is 3.18. The molecule has 1 heterocycles. The number of benzene rings is 2. The van der Waals surface area contributed by atoms with Crippen molar-refractivity contribution in [1.82, 2.24) is 10.2 Å². The maximum Gasteiger partial charge on any atom is 0.407 e. The van der Waals surface area contributed by atoms with Gasteiger partial charge in [0.15, 0.2) is 0 Å². The Morgan fingerprint density at radius 3 is 2.29 bits per heavy atom. The molecule has 2 N–H and O–H groups in total. The summed E-state index contributed by atoms with van der Waals surface area (Å²) >= 11 is 0. The lowest BCUT2D eigenvalue weighted by atomic mass is 9.98. The van der Waals surface area contributed by atoms with Crippen molar-refractivity contribution in [3.63, 3.8) is 0 Å². The minimum absolute atomic E-state index is 0.0211. The molecule has 1 aliphatic heterocycles. The number of hydrogen-bond acceptors (Lipinski definition) is 5. The molecule has 1 fully saturated rings. The van der Waals surface area contributed by atoms with Crippen LogP contribution in [0, 0.1) is 0 Å². The Labute approximate surface area is 205 Å². The molecule has 8 heteroatoms. The zero-order chi connectivity index (χ0) is 24.9. The molecule has 2 aromatic carbocycles. The Hall–Kier alpha value is -3.39. The number of nitrogens with zero attached hydrogens (tertiary/aromatic N) is 1. The molecule has 3 unspecified atom stereocenters. The van der Waals surface area contributed by atoms with E-state index in [9.17, 15) is 14.4 Å². The smallest absolute Gasteiger partial charge is 0.407 e. The highest BCUT2D eigenvalue weighted by Crippen LogP contribution is 2.44. The number of fused-ring (bicyclic) bond motifs is 3. The van der Waals surface area contributed by atoms with Gasteiger partial charge in [0, 0.05) is 19.4 Å². The monoisotopic (exact) mass is 480 g/mol. The van der Waals surface area contributed by atoms with Crippen LogP contribution in [0.25, 0.3) is 11.1 Å². The highest BCUT2D eigenvalue weighted by atomic mass is 16.5. The second kappa shape index (κ2) is 10.9.